The van der Waals surface area contributed by atoms with E-state index in [9.17, 15) is 14.4 Å². The summed E-state index contributed by atoms with van der Waals surface area (Å²) < 4.78 is 4.82. The maximum atomic E-state index is 11.3. The molecule has 7 nitrogen and oxygen atoms in total. The number of urea groups is 2. The summed E-state index contributed by atoms with van der Waals surface area (Å²) in [5, 5.41) is 6.72. The molecule has 0 heterocycles. The molecule has 0 saturated carbocycles. The van der Waals surface area contributed by atoms with Gasteiger partial charge in [0.25, 0.3) is 0 Å². The van der Waals surface area contributed by atoms with Gasteiger partial charge in [0.2, 0.25) is 0 Å². The van der Waals surface area contributed by atoms with Gasteiger partial charge in [-0.2, -0.15) is 0 Å². The Morgan fingerprint density at radius 3 is 2.17 bits per heavy atom. The predicted octanol–water partition coefficient (Wildman–Crippen LogP) is 1.07. The van der Waals surface area contributed by atoms with E-state index in [4.69, 9.17) is 4.74 Å². The molecule has 0 bridgehead atoms. The van der Waals surface area contributed by atoms with Crippen molar-refractivity contribution in [3.05, 3.63) is 24.3 Å². The largest absolute Gasteiger partial charge is 0.427 e. The third kappa shape index (κ3) is 4.52. The summed E-state index contributed by atoms with van der Waals surface area (Å²) in [5.74, 6) is -0.0483. The Kier molecular flexibility index (Phi) is 4.67. The van der Waals surface area contributed by atoms with Crippen molar-refractivity contribution in [1.82, 2.24) is 10.6 Å². The highest BCUT2D eigenvalue weighted by Gasteiger charge is 2.05. The van der Waals surface area contributed by atoms with Gasteiger partial charge in [0.05, 0.1) is 0 Å². The van der Waals surface area contributed by atoms with Gasteiger partial charge in [0, 0.05) is 19.7 Å². The van der Waals surface area contributed by atoms with Crippen molar-refractivity contribution >= 4 is 23.7 Å². The van der Waals surface area contributed by atoms with Gasteiger partial charge in [-0.25, -0.2) is 9.59 Å². The number of carbonyl (C=O) groups is 3. The molecule has 1 rings (SSSR count). The molecule has 0 radical (unpaired) electrons. The zero-order chi connectivity index (χ0) is 13.5. The first-order chi connectivity index (χ1) is 8.51. The van der Waals surface area contributed by atoms with Gasteiger partial charge >= 0.3 is 18.0 Å². The van der Waals surface area contributed by atoms with Gasteiger partial charge in [0.1, 0.15) is 5.75 Å². The lowest BCUT2D eigenvalue weighted by Crippen LogP contribution is -2.39. The summed E-state index contributed by atoms with van der Waals surface area (Å²) >= 11 is 0. The zero-order valence-electron chi connectivity index (χ0n) is 9.94. The number of nitrogens with one attached hydrogen (secondary N) is 3. The maximum absolute atomic E-state index is 11.3. The van der Waals surface area contributed by atoms with E-state index in [1.807, 2.05) is 5.32 Å². The molecule has 96 valence electrons. The van der Waals surface area contributed by atoms with Gasteiger partial charge in [-0.05, 0) is 24.3 Å². The Morgan fingerprint density at radius 1 is 1.06 bits per heavy atom. The molecule has 0 spiro atoms. The summed E-state index contributed by atoms with van der Waals surface area (Å²) in [6, 6.07) is 4.87. The van der Waals surface area contributed by atoms with E-state index in [1.165, 1.54) is 26.1 Å². The van der Waals surface area contributed by atoms with E-state index in [1.54, 1.807) is 12.1 Å². The van der Waals surface area contributed by atoms with Gasteiger partial charge in [-0.15, -0.1) is 0 Å². The smallest absolute Gasteiger partial charge is 0.327 e. The van der Waals surface area contributed by atoms with Gasteiger partial charge in [0.15, 0.2) is 0 Å². The number of hydrogen-bond donors (Lipinski definition) is 3. The van der Waals surface area contributed by atoms with Crippen molar-refractivity contribution in [2.45, 2.75) is 6.92 Å². The number of benzene rings is 1. The van der Waals surface area contributed by atoms with E-state index in [2.05, 4.69) is 10.6 Å². The molecule has 0 unspecified atom stereocenters. The molecule has 4 amide bonds. The number of carbonyl (C=O) groups excluding carboxylic acids is 3. The van der Waals surface area contributed by atoms with Crippen LogP contribution in [-0.4, -0.2) is 25.1 Å². The standard InChI is InChI=1S/C11H13N3O4/c1-7(15)18-9-5-3-8(4-6-9)13-11(17)14-10(16)12-2/h3-6H,1-2H3,(H3,12,13,14,16,17). The quantitative estimate of drug-likeness (QED) is 0.541. The lowest BCUT2D eigenvalue weighted by Gasteiger charge is -2.07. The van der Waals surface area contributed by atoms with E-state index in [0.717, 1.165) is 0 Å². The van der Waals surface area contributed by atoms with E-state index < -0.39 is 18.0 Å². The molecule has 7 heteroatoms. The average molecular weight is 251 g/mol. The highest BCUT2D eigenvalue weighted by Crippen LogP contribution is 2.15. The van der Waals surface area contributed by atoms with E-state index in [0.29, 0.717) is 11.4 Å². The molecule has 1 aromatic rings. The second-order valence-electron chi connectivity index (χ2n) is 3.28. The first-order valence-corrected chi connectivity index (χ1v) is 5.09. The third-order valence-corrected chi connectivity index (χ3v) is 1.83. The minimum Gasteiger partial charge on any atom is -0.427 e. The first-order valence-electron chi connectivity index (χ1n) is 5.09. The summed E-state index contributed by atoms with van der Waals surface area (Å²) in [6.45, 7) is 1.29. The summed E-state index contributed by atoms with van der Waals surface area (Å²) in [4.78, 5) is 32.8. The Morgan fingerprint density at radius 2 is 1.67 bits per heavy atom. The van der Waals surface area contributed by atoms with Gasteiger partial charge < -0.3 is 15.4 Å². The van der Waals surface area contributed by atoms with Crippen LogP contribution in [0.5, 0.6) is 5.75 Å². The number of imide groups is 1. The molecule has 0 aliphatic rings. The summed E-state index contributed by atoms with van der Waals surface area (Å²) in [5.41, 5.74) is 0.465. The zero-order valence-corrected chi connectivity index (χ0v) is 9.94. The minimum atomic E-state index is -0.658. The number of amides is 4. The van der Waals surface area contributed by atoms with Crippen molar-refractivity contribution in [3.63, 3.8) is 0 Å². The molecule has 3 N–H and O–H groups in total. The fourth-order valence-corrected chi connectivity index (χ4v) is 1.10. The van der Waals surface area contributed by atoms with Crippen molar-refractivity contribution in [2.75, 3.05) is 12.4 Å². The second-order valence-corrected chi connectivity index (χ2v) is 3.28. The Bertz CT molecular complexity index is 456. The topological polar surface area (TPSA) is 96.5 Å². The van der Waals surface area contributed by atoms with Gasteiger partial charge in [-0.3, -0.25) is 10.1 Å². The Balaban J connectivity index is 2.55. The van der Waals surface area contributed by atoms with E-state index in [-0.39, 0.29) is 0 Å². The van der Waals surface area contributed by atoms with E-state index >= 15 is 0 Å². The number of hydrogen-bond acceptors (Lipinski definition) is 4. The Hall–Kier alpha value is -2.57. The van der Waals surface area contributed by atoms with Crippen LogP contribution in [0, 0.1) is 0 Å². The minimum absolute atomic E-state index is 0.375. The molecular formula is C11H13N3O4. The molecule has 1 aromatic carbocycles. The Labute approximate surface area is 104 Å². The van der Waals surface area contributed by atoms with Crippen LogP contribution < -0.4 is 20.7 Å². The maximum Gasteiger partial charge on any atom is 0.327 e. The van der Waals surface area contributed by atoms with Crippen LogP contribution in [0.1, 0.15) is 6.92 Å². The fraction of sp³-hybridized carbons (Fsp3) is 0.182. The lowest BCUT2D eigenvalue weighted by molar-refractivity contribution is -0.131. The van der Waals surface area contributed by atoms with Crippen molar-refractivity contribution in [2.24, 2.45) is 0 Å². The van der Waals surface area contributed by atoms with Crippen molar-refractivity contribution in [3.8, 4) is 5.75 Å². The van der Waals surface area contributed by atoms with Crippen LogP contribution in [0.2, 0.25) is 0 Å². The lowest BCUT2D eigenvalue weighted by atomic mass is 10.3. The number of esters is 1. The molecule has 18 heavy (non-hydrogen) atoms. The first kappa shape index (κ1) is 13.5. The second kappa shape index (κ2) is 6.24. The highest BCUT2D eigenvalue weighted by molar-refractivity contribution is 6.00. The monoisotopic (exact) mass is 251 g/mol. The summed E-state index contributed by atoms with van der Waals surface area (Å²) in [6.07, 6.45) is 0. The van der Waals surface area contributed by atoms with Crippen LogP contribution in [0.4, 0.5) is 15.3 Å². The molecule has 0 aromatic heterocycles. The van der Waals surface area contributed by atoms with Crippen LogP contribution in [-0.2, 0) is 4.79 Å². The van der Waals surface area contributed by atoms with Crippen molar-refractivity contribution in [1.29, 1.82) is 0 Å². The predicted molar refractivity (Wildman–Crippen MR) is 64.4 cm³/mol. The molecule has 0 saturated heterocycles. The average Bonchev–Trinajstić information content (AvgIpc) is 2.30. The number of rotatable bonds is 2. The number of ether oxygens (including phenoxy) is 1. The molecule has 0 fully saturated rings. The van der Waals surface area contributed by atoms with Crippen LogP contribution in [0.3, 0.4) is 0 Å². The van der Waals surface area contributed by atoms with Gasteiger partial charge in [-0.1, -0.05) is 0 Å². The molecule has 0 aliphatic heterocycles. The highest BCUT2D eigenvalue weighted by atomic mass is 16.5. The molecule has 0 atom stereocenters. The van der Waals surface area contributed by atoms with Crippen molar-refractivity contribution < 1.29 is 19.1 Å². The van der Waals surface area contributed by atoms with Crippen LogP contribution in [0.15, 0.2) is 24.3 Å². The van der Waals surface area contributed by atoms with Crippen LogP contribution >= 0.6 is 0 Å². The number of anilines is 1. The van der Waals surface area contributed by atoms with Crippen LogP contribution in [0.25, 0.3) is 0 Å². The summed E-state index contributed by atoms with van der Waals surface area (Å²) in [7, 11) is 1.40. The fourth-order valence-electron chi connectivity index (χ4n) is 1.10. The normalized spacial score (nSPS) is 9.22. The molecular weight excluding hydrogens is 238 g/mol. The molecule has 0 aliphatic carbocycles. The SMILES string of the molecule is CNC(=O)NC(=O)Nc1ccc(OC(C)=O)cc1. The third-order valence-electron chi connectivity index (χ3n) is 1.83.